The van der Waals surface area contributed by atoms with Crippen LogP contribution in [-0.4, -0.2) is 58.6 Å². The summed E-state index contributed by atoms with van der Waals surface area (Å²) in [5, 5.41) is 17.2. The molecule has 0 aliphatic carbocycles. The molecule has 11 heteroatoms. The molecule has 3 rings (SSSR count). The third kappa shape index (κ3) is 3.71. The van der Waals surface area contributed by atoms with Crippen LogP contribution in [0, 0.1) is 6.92 Å². The Morgan fingerprint density at radius 1 is 1.31 bits per heavy atom. The highest BCUT2D eigenvalue weighted by atomic mass is 35.5. The van der Waals surface area contributed by atoms with Crippen molar-refractivity contribution in [2.24, 2.45) is 0 Å². The van der Waals surface area contributed by atoms with Gasteiger partial charge in [-0.2, -0.15) is 4.68 Å². The monoisotopic (exact) mass is 400 g/mol. The number of aryl methyl sites for hydroxylation is 1. The first-order valence-electron chi connectivity index (χ1n) is 7.91. The van der Waals surface area contributed by atoms with Gasteiger partial charge < -0.3 is 10.6 Å². The van der Waals surface area contributed by atoms with E-state index in [4.69, 9.17) is 0 Å². The lowest BCUT2D eigenvalue weighted by molar-refractivity contribution is -0.119. The van der Waals surface area contributed by atoms with Crippen LogP contribution in [0.1, 0.15) is 18.7 Å². The fourth-order valence-electron chi connectivity index (χ4n) is 3.03. The van der Waals surface area contributed by atoms with Gasteiger partial charge in [-0.05, 0) is 61.5 Å². The first-order chi connectivity index (χ1) is 11.8. The van der Waals surface area contributed by atoms with Crippen LogP contribution in [0.15, 0.2) is 24.3 Å². The Kier molecular flexibility index (Phi) is 5.99. The number of sulfone groups is 1. The molecule has 1 aliphatic heterocycles. The first kappa shape index (κ1) is 20.3. The van der Waals surface area contributed by atoms with Crippen molar-refractivity contribution in [1.29, 1.82) is 0 Å². The minimum absolute atomic E-state index is 0. The molecular formula is C15H21ClN6O3S. The molecule has 0 saturated carbocycles. The number of piperidine rings is 1. The lowest BCUT2D eigenvalue weighted by Crippen LogP contribution is -2.55. The van der Waals surface area contributed by atoms with Crippen molar-refractivity contribution in [2.45, 2.75) is 24.5 Å². The van der Waals surface area contributed by atoms with Crippen LogP contribution < -0.4 is 10.6 Å². The molecule has 2 N–H and O–H groups in total. The number of hydrogen-bond acceptors (Lipinski definition) is 7. The van der Waals surface area contributed by atoms with Crippen molar-refractivity contribution in [1.82, 2.24) is 25.5 Å². The van der Waals surface area contributed by atoms with E-state index in [0.29, 0.717) is 30.3 Å². The van der Waals surface area contributed by atoms with E-state index in [0.717, 1.165) is 6.26 Å². The van der Waals surface area contributed by atoms with E-state index in [1.807, 2.05) is 0 Å². The molecule has 2 aromatic rings. The van der Waals surface area contributed by atoms with Crippen LogP contribution in [0.2, 0.25) is 0 Å². The van der Waals surface area contributed by atoms with E-state index in [1.54, 1.807) is 31.2 Å². The molecule has 0 spiro atoms. The van der Waals surface area contributed by atoms with Gasteiger partial charge in [0.2, 0.25) is 5.91 Å². The van der Waals surface area contributed by atoms with Crippen molar-refractivity contribution < 1.29 is 13.2 Å². The first-order valence-corrected chi connectivity index (χ1v) is 9.80. The van der Waals surface area contributed by atoms with E-state index in [2.05, 4.69) is 26.2 Å². The summed E-state index contributed by atoms with van der Waals surface area (Å²) in [6, 6.07) is 6.97. The average Bonchev–Trinajstić information content (AvgIpc) is 3.01. The van der Waals surface area contributed by atoms with Crippen LogP contribution in [-0.2, 0) is 14.6 Å². The highest BCUT2D eigenvalue weighted by Gasteiger charge is 2.48. The maximum Gasteiger partial charge on any atom is 0.245 e. The van der Waals surface area contributed by atoms with Gasteiger partial charge in [-0.3, -0.25) is 4.79 Å². The molecule has 9 nitrogen and oxygen atoms in total. The molecule has 2 heterocycles. The maximum absolute atomic E-state index is 12.8. The Labute approximate surface area is 157 Å². The molecule has 1 aliphatic rings. The molecule has 1 aromatic carbocycles. The summed E-state index contributed by atoms with van der Waals surface area (Å²) >= 11 is 0. The summed E-state index contributed by atoms with van der Waals surface area (Å²) in [4.78, 5) is 12.8. The van der Waals surface area contributed by atoms with Gasteiger partial charge >= 0.3 is 0 Å². The van der Waals surface area contributed by atoms with Gasteiger partial charge in [0.05, 0.1) is 5.69 Å². The van der Waals surface area contributed by atoms with E-state index in [1.165, 1.54) is 4.68 Å². The predicted molar refractivity (Wildman–Crippen MR) is 99.4 cm³/mol. The zero-order valence-corrected chi connectivity index (χ0v) is 16.1. The second-order valence-electron chi connectivity index (χ2n) is 6.16. The van der Waals surface area contributed by atoms with E-state index in [9.17, 15) is 13.2 Å². The summed E-state index contributed by atoms with van der Waals surface area (Å²) in [6.07, 6.45) is 1.63. The number of carbonyl (C=O) groups is 1. The van der Waals surface area contributed by atoms with E-state index < -0.39 is 20.5 Å². The Bertz CT molecular complexity index is 892. The number of carbonyl (C=O) groups excluding carboxylic acids is 1. The number of benzene rings is 1. The Hall–Kier alpha value is -2.04. The highest BCUT2D eigenvalue weighted by molar-refractivity contribution is 7.92. The smallest absolute Gasteiger partial charge is 0.245 e. The summed E-state index contributed by atoms with van der Waals surface area (Å²) < 4.78 is 24.8. The van der Waals surface area contributed by atoms with E-state index in [-0.39, 0.29) is 25.2 Å². The SMILES string of the molecule is Cc1nnnn1-c1cccc(NC(=O)C2(S(C)(=O)=O)CCNCC2)c1.Cl. The zero-order valence-electron chi connectivity index (χ0n) is 14.5. The van der Waals surface area contributed by atoms with Gasteiger partial charge in [0.25, 0.3) is 0 Å². The zero-order chi connectivity index (χ0) is 18.1. The van der Waals surface area contributed by atoms with Gasteiger partial charge in [0, 0.05) is 11.9 Å². The molecule has 142 valence electrons. The number of nitrogens with one attached hydrogen (secondary N) is 2. The van der Waals surface area contributed by atoms with Crippen molar-refractivity contribution >= 4 is 33.8 Å². The summed E-state index contributed by atoms with van der Waals surface area (Å²) in [7, 11) is -3.56. The number of amides is 1. The van der Waals surface area contributed by atoms with Gasteiger partial charge in [-0.15, -0.1) is 17.5 Å². The third-order valence-corrected chi connectivity index (χ3v) is 6.52. The number of nitrogens with zero attached hydrogens (tertiary/aromatic N) is 4. The van der Waals surface area contributed by atoms with Crippen LogP contribution in [0.4, 0.5) is 5.69 Å². The number of rotatable bonds is 4. The molecule has 26 heavy (non-hydrogen) atoms. The van der Waals surface area contributed by atoms with Crippen molar-refractivity contribution in [3.05, 3.63) is 30.1 Å². The quantitative estimate of drug-likeness (QED) is 0.766. The predicted octanol–water partition coefficient (Wildman–Crippen LogP) is 0.498. The van der Waals surface area contributed by atoms with Gasteiger partial charge in [-0.25, -0.2) is 8.42 Å². The summed E-state index contributed by atoms with van der Waals surface area (Å²) in [5.74, 6) is 0.108. The van der Waals surface area contributed by atoms with Crippen molar-refractivity contribution in [3.8, 4) is 5.69 Å². The fraction of sp³-hybridized carbons (Fsp3) is 0.467. The van der Waals surface area contributed by atoms with Crippen molar-refractivity contribution in [2.75, 3.05) is 24.7 Å². The molecule has 1 fully saturated rings. The van der Waals surface area contributed by atoms with Crippen LogP contribution >= 0.6 is 12.4 Å². The molecule has 1 amide bonds. The summed E-state index contributed by atoms with van der Waals surface area (Å²) in [5.41, 5.74) is 1.18. The molecule has 1 aromatic heterocycles. The normalized spacial score (nSPS) is 16.5. The van der Waals surface area contributed by atoms with Crippen LogP contribution in [0.5, 0.6) is 0 Å². The second-order valence-corrected chi connectivity index (χ2v) is 8.48. The Morgan fingerprint density at radius 3 is 2.58 bits per heavy atom. The number of tetrazole rings is 1. The average molecular weight is 401 g/mol. The highest BCUT2D eigenvalue weighted by Crippen LogP contribution is 2.29. The van der Waals surface area contributed by atoms with Crippen LogP contribution in [0.3, 0.4) is 0 Å². The second kappa shape index (κ2) is 7.68. The number of halogens is 1. The number of hydrogen-bond donors (Lipinski definition) is 2. The van der Waals surface area contributed by atoms with Gasteiger partial charge in [0.15, 0.2) is 20.4 Å². The lowest BCUT2D eigenvalue weighted by atomic mass is 9.95. The number of anilines is 1. The Morgan fingerprint density at radius 2 is 2.00 bits per heavy atom. The van der Waals surface area contributed by atoms with E-state index >= 15 is 0 Å². The lowest BCUT2D eigenvalue weighted by Gasteiger charge is -2.34. The van der Waals surface area contributed by atoms with Gasteiger partial charge in [-0.1, -0.05) is 6.07 Å². The van der Waals surface area contributed by atoms with Crippen LogP contribution in [0.25, 0.3) is 5.69 Å². The number of aromatic nitrogens is 4. The molecule has 0 bridgehead atoms. The van der Waals surface area contributed by atoms with Crippen molar-refractivity contribution in [3.63, 3.8) is 0 Å². The maximum atomic E-state index is 12.8. The molecule has 0 unspecified atom stereocenters. The molecule has 0 atom stereocenters. The minimum Gasteiger partial charge on any atom is -0.325 e. The largest absolute Gasteiger partial charge is 0.325 e. The molecular weight excluding hydrogens is 380 g/mol. The topological polar surface area (TPSA) is 119 Å². The molecule has 1 saturated heterocycles. The molecule has 0 radical (unpaired) electrons. The standard InChI is InChI=1S/C15H20N6O3S.ClH/c1-11-18-19-20-21(11)13-5-3-4-12(10-13)17-14(22)15(25(2,23)24)6-8-16-9-7-15;/h3-5,10,16H,6-9H2,1-2H3,(H,17,22);1H. The fourth-order valence-corrected chi connectivity index (χ4v) is 4.36. The van der Waals surface area contributed by atoms with Gasteiger partial charge in [0.1, 0.15) is 0 Å². The third-order valence-electron chi connectivity index (χ3n) is 4.51. The summed E-state index contributed by atoms with van der Waals surface area (Å²) in [6.45, 7) is 2.74. The minimum atomic E-state index is -3.56. The Balaban J connectivity index is 0.00000243.